The molecule has 0 heterocycles. The summed E-state index contributed by atoms with van der Waals surface area (Å²) in [5.41, 5.74) is 0.429. The molecule has 15 heavy (non-hydrogen) atoms. The molecule has 0 aliphatic carbocycles. The van der Waals surface area contributed by atoms with Gasteiger partial charge < -0.3 is 10.2 Å². The highest BCUT2D eigenvalue weighted by Gasteiger charge is 2.02. The lowest BCUT2D eigenvalue weighted by Gasteiger charge is -2.17. The highest BCUT2D eigenvalue weighted by molar-refractivity contribution is 5.95. The fourth-order valence-electron chi connectivity index (χ4n) is 1.25. The van der Waals surface area contributed by atoms with Crippen molar-refractivity contribution in [3.05, 3.63) is 24.8 Å². The van der Waals surface area contributed by atoms with Gasteiger partial charge in [-0.1, -0.05) is 33.1 Å². The van der Waals surface area contributed by atoms with Crippen molar-refractivity contribution in [3.63, 3.8) is 0 Å². The van der Waals surface area contributed by atoms with Crippen molar-refractivity contribution in [2.24, 2.45) is 0 Å². The summed E-state index contributed by atoms with van der Waals surface area (Å²) in [4.78, 5) is 13.6. The van der Waals surface area contributed by atoms with Gasteiger partial charge in [-0.05, 0) is 26.1 Å². The zero-order valence-corrected chi connectivity index (χ0v) is 9.88. The molecule has 0 radical (unpaired) electrons. The van der Waals surface area contributed by atoms with Crippen LogP contribution in [0.3, 0.4) is 0 Å². The highest BCUT2D eigenvalue weighted by Crippen LogP contribution is 1.92. The second kappa shape index (κ2) is 8.24. The Kier molecular flexibility index (Phi) is 7.64. The highest BCUT2D eigenvalue weighted by atomic mass is 16.1. The Hall–Kier alpha value is -1.09. The molecule has 0 rings (SSSR count). The van der Waals surface area contributed by atoms with Crippen molar-refractivity contribution < 1.29 is 4.79 Å². The van der Waals surface area contributed by atoms with E-state index in [2.05, 4.69) is 37.2 Å². The number of hydrogen-bond donors (Lipinski definition) is 1. The average Bonchev–Trinajstić information content (AvgIpc) is 2.27. The van der Waals surface area contributed by atoms with Gasteiger partial charge in [-0.25, -0.2) is 0 Å². The number of hydrogen-bond acceptors (Lipinski definition) is 2. The van der Waals surface area contributed by atoms with Crippen molar-refractivity contribution >= 4 is 5.91 Å². The maximum Gasteiger partial charge on any atom is 0.250 e. The summed E-state index contributed by atoms with van der Waals surface area (Å²) in [6.45, 7) is 15.2. The Balaban J connectivity index is 3.58. The van der Waals surface area contributed by atoms with Crippen molar-refractivity contribution in [2.45, 2.75) is 20.3 Å². The normalized spacial score (nSPS) is 10.1. The van der Waals surface area contributed by atoms with Gasteiger partial charge in [0.05, 0.1) is 0 Å². The van der Waals surface area contributed by atoms with Crippen molar-refractivity contribution in [1.82, 2.24) is 10.2 Å². The largest absolute Gasteiger partial charge is 0.352 e. The number of amides is 1. The van der Waals surface area contributed by atoms with Crippen LogP contribution in [0.15, 0.2) is 24.8 Å². The molecule has 0 aromatic carbocycles. The molecule has 0 atom stereocenters. The Morgan fingerprint density at radius 1 is 1.40 bits per heavy atom. The summed E-state index contributed by atoms with van der Waals surface area (Å²) >= 11 is 0. The summed E-state index contributed by atoms with van der Waals surface area (Å²) in [5, 5.41) is 2.80. The maximum absolute atomic E-state index is 11.3. The molecule has 1 N–H and O–H groups in total. The lowest BCUT2D eigenvalue weighted by Crippen LogP contribution is -2.30. The summed E-state index contributed by atoms with van der Waals surface area (Å²) in [6, 6.07) is 0. The van der Waals surface area contributed by atoms with E-state index in [0.29, 0.717) is 12.1 Å². The third-order valence-corrected chi connectivity index (χ3v) is 2.37. The number of rotatable bonds is 8. The summed E-state index contributed by atoms with van der Waals surface area (Å²) in [7, 11) is 0. The van der Waals surface area contributed by atoms with E-state index < -0.39 is 0 Å². The molecule has 0 aromatic heterocycles. The molecule has 0 fully saturated rings. The minimum atomic E-state index is -0.121. The van der Waals surface area contributed by atoms with Crippen molar-refractivity contribution in [3.8, 4) is 0 Å². The first-order valence-corrected chi connectivity index (χ1v) is 5.47. The van der Waals surface area contributed by atoms with Crippen LogP contribution in [0.25, 0.3) is 0 Å². The molecule has 0 unspecified atom stereocenters. The zero-order valence-electron chi connectivity index (χ0n) is 9.88. The smallest absolute Gasteiger partial charge is 0.250 e. The third kappa shape index (κ3) is 6.07. The van der Waals surface area contributed by atoms with Crippen LogP contribution in [0.4, 0.5) is 0 Å². The van der Waals surface area contributed by atoms with Gasteiger partial charge in [0.15, 0.2) is 0 Å². The molecule has 1 amide bonds. The fraction of sp³-hybridized carbons (Fsp3) is 0.583. The molecule has 0 aliphatic heterocycles. The van der Waals surface area contributed by atoms with E-state index in [4.69, 9.17) is 0 Å². The Bertz CT molecular complexity index is 220. The van der Waals surface area contributed by atoms with Crippen LogP contribution < -0.4 is 5.32 Å². The van der Waals surface area contributed by atoms with Gasteiger partial charge in [0.25, 0.3) is 5.91 Å². The Labute approximate surface area is 92.8 Å². The molecular formula is C12H22N2O. The minimum absolute atomic E-state index is 0.121. The topological polar surface area (TPSA) is 32.3 Å². The van der Waals surface area contributed by atoms with Gasteiger partial charge in [-0.15, -0.1) is 0 Å². The van der Waals surface area contributed by atoms with Crippen LogP contribution in [0.5, 0.6) is 0 Å². The van der Waals surface area contributed by atoms with Gasteiger partial charge in [0, 0.05) is 12.1 Å². The molecule has 3 nitrogen and oxygen atoms in total. The number of carbonyl (C=O) groups is 1. The quantitative estimate of drug-likeness (QED) is 0.375. The van der Waals surface area contributed by atoms with Gasteiger partial charge in [-0.3, -0.25) is 4.79 Å². The van der Waals surface area contributed by atoms with E-state index in [1.165, 1.54) is 6.08 Å². The van der Waals surface area contributed by atoms with E-state index >= 15 is 0 Å². The lowest BCUT2D eigenvalue weighted by molar-refractivity contribution is -0.117. The molecule has 0 saturated carbocycles. The van der Waals surface area contributed by atoms with Crippen LogP contribution in [0, 0.1) is 0 Å². The lowest BCUT2D eigenvalue weighted by atomic mass is 10.3. The van der Waals surface area contributed by atoms with Crippen LogP contribution in [0.1, 0.15) is 20.3 Å². The molecular weight excluding hydrogens is 188 g/mol. The van der Waals surface area contributed by atoms with E-state index in [1.807, 2.05) is 0 Å². The SMILES string of the molecule is C=CC(=C)C(=O)NCCCN(CC)CC. The molecule has 0 spiro atoms. The number of nitrogens with one attached hydrogen (secondary N) is 1. The van der Waals surface area contributed by atoms with E-state index in [1.54, 1.807) is 0 Å². The van der Waals surface area contributed by atoms with Gasteiger partial charge in [-0.2, -0.15) is 0 Å². The second-order valence-electron chi connectivity index (χ2n) is 3.37. The van der Waals surface area contributed by atoms with Crippen LogP contribution in [-0.2, 0) is 4.79 Å². The fourth-order valence-corrected chi connectivity index (χ4v) is 1.25. The van der Waals surface area contributed by atoms with Crippen LogP contribution in [0.2, 0.25) is 0 Å². The molecule has 0 aliphatic rings. The first-order chi connectivity index (χ1) is 7.15. The first kappa shape index (κ1) is 13.9. The molecule has 0 bridgehead atoms. The third-order valence-electron chi connectivity index (χ3n) is 2.37. The van der Waals surface area contributed by atoms with E-state index in [0.717, 1.165) is 26.1 Å². The second-order valence-corrected chi connectivity index (χ2v) is 3.37. The predicted octanol–water partition coefficient (Wildman–Crippen LogP) is 1.58. The van der Waals surface area contributed by atoms with Crippen LogP contribution >= 0.6 is 0 Å². The summed E-state index contributed by atoms with van der Waals surface area (Å²) in [5.74, 6) is -0.121. The molecule has 0 saturated heterocycles. The van der Waals surface area contributed by atoms with Crippen LogP contribution in [-0.4, -0.2) is 37.0 Å². The maximum atomic E-state index is 11.3. The number of carbonyl (C=O) groups excluding carboxylic acids is 1. The predicted molar refractivity (Wildman–Crippen MR) is 64.8 cm³/mol. The molecule has 86 valence electrons. The monoisotopic (exact) mass is 210 g/mol. The Morgan fingerprint density at radius 3 is 2.47 bits per heavy atom. The summed E-state index contributed by atoms with van der Waals surface area (Å²) in [6.07, 6.45) is 2.44. The standard InChI is InChI=1S/C12H22N2O/c1-5-11(4)12(15)13-9-8-10-14(6-2)7-3/h5H,1,4,6-10H2,2-3H3,(H,13,15). The van der Waals surface area contributed by atoms with Gasteiger partial charge >= 0.3 is 0 Å². The molecule has 3 heteroatoms. The van der Waals surface area contributed by atoms with Gasteiger partial charge in [0.2, 0.25) is 0 Å². The van der Waals surface area contributed by atoms with E-state index in [9.17, 15) is 4.79 Å². The minimum Gasteiger partial charge on any atom is -0.352 e. The van der Waals surface area contributed by atoms with Crippen molar-refractivity contribution in [2.75, 3.05) is 26.2 Å². The molecule has 0 aromatic rings. The van der Waals surface area contributed by atoms with Gasteiger partial charge in [0.1, 0.15) is 0 Å². The van der Waals surface area contributed by atoms with E-state index in [-0.39, 0.29) is 5.91 Å². The average molecular weight is 210 g/mol. The summed E-state index contributed by atoms with van der Waals surface area (Å²) < 4.78 is 0. The van der Waals surface area contributed by atoms with Crippen molar-refractivity contribution in [1.29, 1.82) is 0 Å². The Morgan fingerprint density at radius 2 is 2.00 bits per heavy atom. The first-order valence-electron chi connectivity index (χ1n) is 5.47. The number of nitrogens with zero attached hydrogens (tertiary/aromatic N) is 1. The zero-order chi connectivity index (χ0) is 11.7.